The lowest BCUT2D eigenvalue weighted by atomic mass is 10.0. The van der Waals surface area contributed by atoms with Gasteiger partial charge in [0.25, 0.3) is 0 Å². The van der Waals surface area contributed by atoms with Crippen molar-refractivity contribution in [1.82, 2.24) is 30.2 Å². The molecular formula is C27H23FN6O3. The minimum Gasteiger partial charge on any atom is -0.467 e. The van der Waals surface area contributed by atoms with Crippen LogP contribution in [0.1, 0.15) is 22.9 Å². The molecule has 37 heavy (non-hydrogen) atoms. The van der Waals surface area contributed by atoms with Crippen LogP contribution in [0.2, 0.25) is 0 Å². The van der Waals surface area contributed by atoms with Crippen molar-refractivity contribution in [2.75, 3.05) is 0 Å². The van der Waals surface area contributed by atoms with Crippen molar-refractivity contribution in [3.05, 3.63) is 114 Å². The van der Waals surface area contributed by atoms with Gasteiger partial charge in [0.15, 0.2) is 0 Å². The zero-order chi connectivity index (χ0) is 25.6. The minimum atomic E-state index is -1.06. The average Bonchev–Trinajstić information content (AvgIpc) is 3.59. The minimum absolute atomic E-state index is 0.0928. The number of nitrogens with zero attached hydrogens (tertiary/aromatic N) is 5. The number of carbonyl (C=O) groups is 2. The highest BCUT2D eigenvalue weighted by Crippen LogP contribution is 2.25. The van der Waals surface area contributed by atoms with Gasteiger partial charge in [-0.15, -0.1) is 5.10 Å². The first-order chi connectivity index (χ1) is 18.1. The van der Waals surface area contributed by atoms with Crippen LogP contribution in [0.3, 0.4) is 0 Å². The number of hydrogen-bond acceptors (Lipinski definition) is 6. The molecule has 0 aliphatic heterocycles. The predicted octanol–water partition coefficient (Wildman–Crippen LogP) is 3.64. The van der Waals surface area contributed by atoms with Crippen molar-refractivity contribution in [2.45, 2.75) is 25.7 Å². The summed E-state index contributed by atoms with van der Waals surface area (Å²) in [6.45, 7) is 0.0750. The Kier molecular flexibility index (Phi) is 6.98. The molecule has 0 saturated heterocycles. The van der Waals surface area contributed by atoms with E-state index in [-0.39, 0.29) is 25.5 Å². The number of aromatic nitrogens is 4. The Morgan fingerprint density at radius 1 is 1.03 bits per heavy atom. The molecule has 10 heteroatoms. The van der Waals surface area contributed by atoms with Crippen LogP contribution in [-0.2, 0) is 29.2 Å². The number of carbonyl (C=O) groups excluding carboxylic acids is 2. The fourth-order valence-electron chi connectivity index (χ4n) is 4.07. The number of nitrogens with one attached hydrogen (secondary N) is 1. The van der Waals surface area contributed by atoms with Crippen LogP contribution in [0.4, 0.5) is 4.39 Å². The maximum Gasteiger partial charge on any atom is 0.247 e. The molecule has 0 bridgehead atoms. The maximum atomic E-state index is 13.8. The molecule has 2 aromatic carbocycles. The second-order valence-electron chi connectivity index (χ2n) is 8.37. The standard InChI is InChI=1S/C27H23FN6O3/c28-21-11-9-20(10-12-21)26(27(36)30-16-22-6-4-14-37-22)33(17-19-5-3-13-29-15-19)25(35)18-34-24-8-2-1-7-23(24)31-32-34/h1-15,26H,16-18H2,(H,30,36)/t26-/m1/s1. The number of rotatable bonds is 9. The van der Waals surface area contributed by atoms with Gasteiger partial charge in [0.1, 0.15) is 29.7 Å². The summed E-state index contributed by atoms with van der Waals surface area (Å²) in [5.41, 5.74) is 2.53. The predicted molar refractivity (Wildman–Crippen MR) is 132 cm³/mol. The molecule has 1 atom stereocenters. The van der Waals surface area contributed by atoms with Crippen molar-refractivity contribution < 1.29 is 18.4 Å². The molecular weight excluding hydrogens is 475 g/mol. The highest BCUT2D eigenvalue weighted by atomic mass is 19.1. The number of hydrogen-bond donors (Lipinski definition) is 1. The Bertz CT molecular complexity index is 1490. The van der Waals surface area contributed by atoms with Crippen molar-refractivity contribution in [3.8, 4) is 0 Å². The van der Waals surface area contributed by atoms with E-state index in [1.54, 1.807) is 36.7 Å². The molecule has 0 radical (unpaired) electrons. The van der Waals surface area contributed by atoms with Gasteiger partial charge in [-0.05, 0) is 53.6 Å². The fourth-order valence-corrected chi connectivity index (χ4v) is 4.07. The van der Waals surface area contributed by atoms with Gasteiger partial charge in [-0.2, -0.15) is 0 Å². The number of pyridine rings is 1. The second-order valence-corrected chi connectivity index (χ2v) is 8.37. The van der Waals surface area contributed by atoms with Crippen molar-refractivity contribution in [2.24, 2.45) is 0 Å². The smallest absolute Gasteiger partial charge is 0.247 e. The average molecular weight is 499 g/mol. The monoisotopic (exact) mass is 498 g/mol. The van der Waals surface area contributed by atoms with Gasteiger partial charge in [-0.1, -0.05) is 35.5 Å². The fraction of sp³-hybridized carbons (Fsp3) is 0.148. The van der Waals surface area contributed by atoms with Gasteiger partial charge in [-0.3, -0.25) is 14.6 Å². The van der Waals surface area contributed by atoms with Crippen molar-refractivity contribution >= 4 is 22.8 Å². The first kappa shape index (κ1) is 23.9. The van der Waals surface area contributed by atoms with Crippen molar-refractivity contribution in [1.29, 1.82) is 0 Å². The van der Waals surface area contributed by atoms with Crippen LogP contribution in [0.25, 0.3) is 11.0 Å². The summed E-state index contributed by atoms with van der Waals surface area (Å²) in [5, 5.41) is 11.1. The third kappa shape index (κ3) is 5.53. The van der Waals surface area contributed by atoms with E-state index in [9.17, 15) is 14.0 Å². The van der Waals surface area contributed by atoms with Crippen LogP contribution < -0.4 is 5.32 Å². The zero-order valence-corrected chi connectivity index (χ0v) is 19.7. The van der Waals surface area contributed by atoms with Crippen LogP contribution in [0.5, 0.6) is 0 Å². The first-order valence-corrected chi connectivity index (χ1v) is 11.6. The number of para-hydroxylation sites is 1. The van der Waals surface area contributed by atoms with Gasteiger partial charge in [-0.25, -0.2) is 9.07 Å². The molecule has 0 fully saturated rings. The number of furan rings is 1. The lowest BCUT2D eigenvalue weighted by molar-refractivity contribution is -0.142. The Morgan fingerprint density at radius 2 is 1.86 bits per heavy atom. The molecule has 1 N–H and O–H groups in total. The Balaban J connectivity index is 1.50. The normalized spacial score (nSPS) is 11.8. The Hall–Kier alpha value is -4.86. The summed E-state index contributed by atoms with van der Waals surface area (Å²) in [5.74, 6) is -0.700. The quantitative estimate of drug-likeness (QED) is 0.333. The van der Waals surface area contributed by atoms with E-state index in [1.807, 2.05) is 24.3 Å². The SMILES string of the molecule is O=C(NCc1ccco1)[C@@H](c1ccc(F)cc1)N(Cc1cccnc1)C(=O)Cn1nnc2ccccc21. The molecule has 0 spiro atoms. The molecule has 5 rings (SSSR count). The van der Waals surface area contributed by atoms with Crippen LogP contribution in [0, 0.1) is 5.82 Å². The molecule has 3 aromatic heterocycles. The number of fused-ring (bicyclic) bond motifs is 1. The summed E-state index contributed by atoms with van der Waals surface area (Å²) < 4.78 is 20.6. The van der Waals surface area contributed by atoms with E-state index in [0.717, 1.165) is 5.56 Å². The van der Waals surface area contributed by atoms with Crippen LogP contribution in [0.15, 0.2) is 95.9 Å². The van der Waals surface area contributed by atoms with E-state index in [2.05, 4.69) is 20.6 Å². The van der Waals surface area contributed by atoms with Gasteiger partial charge in [0.05, 0.1) is 18.3 Å². The lowest BCUT2D eigenvalue weighted by Crippen LogP contribution is -2.44. The molecule has 0 aliphatic carbocycles. The number of amides is 2. The third-order valence-electron chi connectivity index (χ3n) is 5.86. The van der Waals surface area contributed by atoms with E-state index in [1.165, 1.54) is 40.1 Å². The van der Waals surface area contributed by atoms with E-state index < -0.39 is 17.8 Å². The summed E-state index contributed by atoms with van der Waals surface area (Å²) in [6.07, 6.45) is 4.78. The number of halogens is 1. The molecule has 0 unspecified atom stereocenters. The summed E-state index contributed by atoms with van der Waals surface area (Å²) in [4.78, 5) is 33.0. The van der Waals surface area contributed by atoms with Gasteiger partial charge < -0.3 is 14.6 Å². The van der Waals surface area contributed by atoms with Crippen molar-refractivity contribution in [3.63, 3.8) is 0 Å². The second kappa shape index (κ2) is 10.8. The van der Waals surface area contributed by atoms with Gasteiger partial charge in [0, 0.05) is 18.9 Å². The lowest BCUT2D eigenvalue weighted by Gasteiger charge is -2.31. The van der Waals surface area contributed by atoms with E-state index in [0.29, 0.717) is 22.4 Å². The molecule has 0 saturated carbocycles. The molecule has 0 aliphatic rings. The topological polar surface area (TPSA) is 106 Å². The highest BCUT2D eigenvalue weighted by Gasteiger charge is 2.32. The van der Waals surface area contributed by atoms with Gasteiger partial charge >= 0.3 is 0 Å². The molecule has 3 heterocycles. The highest BCUT2D eigenvalue weighted by molar-refractivity contribution is 5.89. The summed E-state index contributed by atoms with van der Waals surface area (Å²) >= 11 is 0. The molecule has 5 aromatic rings. The Labute approximate surface area is 211 Å². The zero-order valence-electron chi connectivity index (χ0n) is 19.7. The van der Waals surface area contributed by atoms with E-state index in [4.69, 9.17) is 4.42 Å². The molecule has 9 nitrogen and oxygen atoms in total. The summed E-state index contributed by atoms with van der Waals surface area (Å²) in [6, 6.07) is 18.8. The van der Waals surface area contributed by atoms with Crippen LogP contribution >= 0.6 is 0 Å². The third-order valence-corrected chi connectivity index (χ3v) is 5.86. The molecule has 186 valence electrons. The van der Waals surface area contributed by atoms with Crippen LogP contribution in [-0.4, -0.2) is 36.7 Å². The van der Waals surface area contributed by atoms with Gasteiger partial charge in [0.2, 0.25) is 11.8 Å². The Morgan fingerprint density at radius 3 is 2.62 bits per heavy atom. The molecule has 2 amide bonds. The van der Waals surface area contributed by atoms with E-state index >= 15 is 0 Å². The number of benzene rings is 2. The summed E-state index contributed by atoms with van der Waals surface area (Å²) in [7, 11) is 0. The maximum absolute atomic E-state index is 13.8. The largest absolute Gasteiger partial charge is 0.467 e. The first-order valence-electron chi connectivity index (χ1n) is 11.6.